The van der Waals surface area contributed by atoms with Crippen molar-refractivity contribution in [3.05, 3.63) is 59.9 Å². The van der Waals surface area contributed by atoms with E-state index in [2.05, 4.69) is 15.6 Å². The first-order chi connectivity index (χ1) is 10.2. The van der Waals surface area contributed by atoms with Crippen LogP contribution in [0.3, 0.4) is 0 Å². The zero-order valence-corrected chi connectivity index (χ0v) is 11.8. The minimum atomic E-state index is -0.181. The van der Waals surface area contributed by atoms with Gasteiger partial charge in [-0.05, 0) is 35.9 Å². The molecule has 2 amide bonds. The van der Waals surface area contributed by atoms with Crippen LogP contribution in [0.25, 0.3) is 0 Å². The van der Waals surface area contributed by atoms with Gasteiger partial charge in [-0.3, -0.25) is 14.6 Å². The molecule has 0 fully saturated rings. The molecule has 5 nitrogen and oxygen atoms in total. The summed E-state index contributed by atoms with van der Waals surface area (Å²) in [5.41, 5.74) is 2.12. The number of rotatable bonds is 5. The highest BCUT2D eigenvalue weighted by molar-refractivity contribution is 5.97. The number of hydrogen-bond donors (Lipinski definition) is 2. The van der Waals surface area contributed by atoms with Crippen LogP contribution in [0.5, 0.6) is 0 Å². The van der Waals surface area contributed by atoms with E-state index in [1.165, 1.54) is 0 Å². The third-order valence-corrected chi connectivity index (χ3v) is 2.93. The smallest absolute Gasteiger partial charge is 0.251 e. The molecule has 0 aliphatic heterocycles. The summed E-state index contributed by atoms with van der Waals surface area (Å²) in [6, 6.07) is 10.6. The maximum atomic E-state index is 12.1. The number of pyridine rings is 1. The summed E-state index contributed by atoms with van der Waals surface area (Å²) in [5.74, 6) is -0.260. The van der Waals surface area contributed by atoms with Crippen molar-refractivity contribution in [3.63, 3.8) is 0 Å². The number of carbonyl (C=O) groups excluding carboxylic acids is 2. The quantitative estimate of drug-likeness (QED) is 0.885. The highest BCUT2D eigenvalue weighted by atomic mass is 16.2. The second-order valence-electron chi connectivity index (χ2n) is 4.52. The van der Waals surface area contributed by atoms with E-state index in [4.69, 9.17) is 0 Å². The van der Waals surface area contributed by atoms with Gasteiger partial charge in [0.05, 0.1) is 0 Å². The summed E-state index contributed by atoms with van der Waals surface area (Å²) in [5, 5.41) is 5.56. The molecule has 1 heterocycles. The van der Waals surface area contributed by atoms with Gasteiger partial charge >= 0.3 is 0 Å². The Labute approximate surface area is 123 Å². The van der Waals surface area contributed by atoms with Crippen molar-refractivity contribution in [2.45, 2.75) is 19.9 Å². The van der Waals surface area contributed by atoms with Crippen LogP contribution in [-0.4, -0.2) is 16.8 Å². The van der Waals surface area contributed by atoms with Crippen LogP contribution in [-0.2, 0) is 11.3 Å². The Kier molecular flexibility index (Phi) is 5.04. The van der Waals surface area contributed by atoms with Crippen LogP contribution in [0.1, 0.15) is 29.3 Å². The SMILES string of the molecule is CCC(=O)Nc1cccc(C(=O)NCc2ccncc2)c1. The fourth-order valence-corrected chi connectivity index (χ4v) is 1.77. The molecule has 0 spiro atoms. The van der Waals surface area contributed by atoms with Gasteiger partial charge in [0.15, 0.2) is 0 Å². The Hall–Kier alpha value is -2.69. The van der Waals surface area contributed by atoms with Crippen LogP contribution in [0.15, 0.2) is 48.8 Å². The number of aromatic nitrogens is 1. The van der Waals surface area contributed by atoms with Gasteiger partial charge in [0.25, 0.3) is 5.91 Å². The van der Waals surface area contributed by atoms with Gasteiger partial charge in [0.1, 0.15) is 0 Å². The molecule has 21 heavy (non-hydrogen) atoms. The Balaban J connectivity index is 1.99. The Morgan fingerprint density at radius 2 is 1.90 bits per heavy atom. The fourth-order valence-electron chi connectivity index (χ4n) is 1.77. The molecule has 2 aromatic rings. The second kappa shape index (κ2) is 7.19. The van der Waals surface area contributed by atoms with Gasteiger partial charge in [-0.15, -0.1) is 0 Å². The second-order valence-corrected chi connectivity index (χ2v) is 4.52. The monoisotopic (exact) mass is 283 g/mol. The standard InChI is InChI=1S/C16H17N3O2/c1-2-15(20)19-14-5-3-4-13(10-14)16(21)18-11-12-6-8-17-9-7-12/h3-10H,2,11H2,1H3,(H,18,21)(H,19,20). The van der Waals surface area contributed by atoms with E-state index in [-0.39, 0.29) is 11.8 Å². The topological polar surface area (TPSA) is 71.1 Å². The summed E-state index contributed by atoms with van der Waals surface area (Å²) in [6.45, 7) is 2.22. The van der Waals surface area contributed by atoms with Crippen molar-refractivity contribution in [3.8, 4) is 0 Å². The average Bonchev–Trinajstić information content (AvgIpc) is 2.53. The molecule has 1 aromatic heterocycles. The molecular weight excluding hydrogens is 266 g/mol. The van der Waals surface area contributed by atoms with E-state index >= 15 is 0 Å². The molecule has 0 bridgehead atoms. The molecule has 0 radical (unpaired) electrons. The predicted octanol–water partition coefficient (Wildman–Crippen LogP) is 2.36. The van der Waals surface area contributed by atoms with Crippen molar-refractivity contribution in [2.75, 3.05) is 5.32 Å². The van der Waals surface area contributed by atoms with E-state index in [0.29, 0.717) is 24.2 Å². The summed E-state index contributed by atoms with van der Waals surface area (Å²) in [6.07, 6.45) is 3.77. The lowest BCUT2D eigenvalue weighted by molar-refractivity contribution is -0.115. The first-order valence-electron chi connectivity index (χ1n) is 6.76. The maximum Gasteiger partial charge on any atom is 0.251 e. The van der Waals surface area contributed by atoms with Crippen molar-refractivity contribution in [1.29, 1.82) is 0 Å². The highest BCUT2D eigenvalue weighted by Gasteiger charge is 2.07. The number of carbonyl (C=O) groups is 2. The summed E-state index contributed by atoms with van der Waals surface area (Å²) >= 11 is 0. The summed E-state index contributed by atoms with van der Waals surface area (Å²) in [7, 11) is 0. The number of anilines is 1. The number of amides is 2. The van der Waals surface area contributed by atoms with E-state index in [1.54, 1.807) is 43.6 Å². The lowest BCUT2D eigenvalue weighted by atomic mass is 10.1. The summed E-state index contributed by atoms with van der Waals surface area (Å²) in [4.78, 5) is 27.4. The zero-order valence-electron chi connectivity index (χ0n) is 11.8. The van der Waals surface area contributed by atoms with Gasteiger partial charge in [-0.1, -0.05) is 13.0 Å². The molecule has 2 rings (SSSR count). The normalized spacial score (nSPS) is 9.95. The first-order valence-corrected chi connectivity index (χ1v) is 6.76. The van der Waals surface area contributed by atoms with Gasteiger partial charge < -0.3 is 10.6 Å². The maximum absolute atomic E-state index is 12.1. The lowest BCUT2D eigenvalue weighted by Gasteiger charge is -2.08. The average molecular weight is 283 g/mol. The van der Waals surface area contributed by atoms with Crippen molar-refractivity contribution in [1.82, 2.24) is 10.3 Å². The molecule has 2 N–H and O–H groups in total. The Morgan fingerprint density at radius 3 is 2.62 bits per heavy atom. The zero-order chi connectivity index (χ0) is 15.1. The highest BCUT2D eigenvalue weighted by Crippen LogP contribution is 2.11. The first kappa shape index (κ1) is 14.7. The molecule has 108 valence electrons. The number of benzene rings is 1. The van der Waals surface area contributed by atoms with Crippen molar-refractivity contribution < 1.29 is 9.59 Å². The Bertz CT molecular complexity index is 626. The molecule has 1 aromatic carbocycles. The van der Waals surface area contributed by atoms with Crippen LogP contribution in [0.2, 0.25) is 0 Å². The van der Waals surface area contributed by atoms with Crippen LogP contribution >= 0.6 is 0 Å². The molecular formula is C16H17N3O2. The van der Waals surface area contributed by atoms with Crippen molar-refractivity contribution in [2.24, 2.45) is 0 Å². The fraction of sp³-hybridized carbons (Fsp3) is 0.188. The minimum Gasteiger partial charge on any atom is -0.348 e. The van der Waals surface area contributed by atoms with E-state index < -0.39 is 0 Å². The molecule has 0 aliphatic rings. The number of nitrogens with one attached hydrogen (secondary N) is 2. The number of nitrogens with zero attached hydrogens (tertiary/aromatic N) is 1. The van der Waals surface area contributed by atoms with Gasteiger partial charge in [0.2, 0.25) is 5.91 Å². The van der Waals surface area contributed by atoms with Crippen LogP contribution in [0, 0.1) is 0 Å². The molecule has 0 unspecified atom stereocenters. The molecule has 0 saturated carbocycles. The third kappa shape index (κ3) is 4.42. The van der Waals surface area contributed by atoms with Gasteiger partial charge in [0, 0.05) is 36.6 Å². The van der Waals surface area contributed by atoms with Crippen LogP contribution in [0.4, 0.5) is 5.69 Å². The minimum absolute atomic E-state index is 0.0793. The molecule has 0 aliphatic carbocycles. The van der Waals surface area contributed by atoms with E-state index in [0.717, 1.165) is 5.56 Å². The Morgan fingerprint density at radius 1 is 1.14 bits per heavy atom. The molecule has 5 heteroatoms. The van der Waals surface area contributed by atoms with Gasteiger partial charge in [-0.2, -0.15) is 0 Å². The summed E-state index contributed by atoms with van der Waals surface area (Å²) < 4.78 is 0. The molecule has 0 atom stereocenters. The van der Waals surface area contributed by atoms with Crippen molar-refractivity contribution >= 4 is 17.5 Å². The third-order valence-electron chi connectivity index (χ3n) is 2.93. The lowest BCUT2D eigenvalue weighted by Crippen LogP contribution is -2.23. The number of hydrogen-bond acceptors (Lipinski definition) is 3. The van der Waals surface area contributed by atoms with E-state index in [1.807, 2.05) is 12.1 Å². The molecule has 0 saturated heterocycles. The van der Waals surface area contributed by atoms with Gasteiger partial charge in [-0.25, -0.2) is 0 Å². The van der Waals surface area contributed by atoms with Crippen LogP contribution < -0.4 is 10.6 Å². The van der Waals surface area contributed by atoms with E-state index in [9.17, 15) is 9.59 Å². The largest absolute Gasteiger partial charge is 0.348 e. The predicted molar refractivity (Wildman–Crippen MR) is 80.8 cm³/mol.